The summed E-state index contributed by atoms with van der Waals surface area (Å²) in [4.78, 5) is 17.2. The van der Waals surface area contributed by atoms with Gasteiger partial charge in [0.1, 0.15) is 17.8 Å². The molecule has 28 heavy (non-hydrogen) atoms. The number of nitrogens with zero attached hydrogens (tertiary/aromatic N) is 3. The molecule has 2 N–H and O–H groups in total. The fourth-order valence-corrected chi connectivity index (χ4v) is 2.38. The van der Waals surface area contributed by atoms with Crippen LogP contribution in [0.1, 0.15) is 16.1 Å². The van der Waals surface area contributed by atoms with Gasteiger partial charge in [0.2, 0.25) is 5.82 Å². The highest BCUT2D eigenvalue weighted by Gasteiger charge is 2.13. The minimum atomic E-state index is -0.414. The highest BCUT2D eigenvalue weighted by atomic mass is 79.9. The van der Waals surface area contributed by atoms with Gasteiger partial charge in [-0.05, 0) is 68.7 Å². The van der Waals surface area contributed by atoms with Crippen molar-refractivity contribution in [3.63, 3.8) is 0 Å². The molecular weight excluding hydrogens is 437 g/mol. The predicted octanol–water partition coefficient (Wildman–Crippen LogP) is 3.61. The summed E-state index contributed by atoms with van der Waals surface area (Å²) in [5.41, 5.74) is 3.51. The van der Waals surface area contributed by atoms with E-state index in [9.17, 15) is 9.18 Å². The van der Waals surface area contributed by atoms with Crippen LogP contribution in [0, 0.1) is 5.82 Å². The van der Waals surface area contributed by atoms with Crippen molar-refractivity contribution in [3.8, 4) is 5.75 Å². The van der Waals surface area contributed by atoms with Crippen LogP contribution in [-0.2, 0) is 4.94 Å². The number of carbonyl (C=O) groups excluding carboxylic acids is 1. The molecule has 9 nitrogen and oxygen atoms in total. The second-order valence-corrected chi connectivity index (χ2v) is 6.09. The van der Waals surface area contributed by atoms with Crippen molar-refractivity contribution in [2.24, 2.45) is 5.16 Å². The van der Waals surface area contributed by atoms with Crippen LogP contribution in [0.4, 0.5) is 15.9 Å². The lowest BCUT2D eigenvalue weighted by molar-refractivity contribution is 0.102. The summed E-state index contributed by atoms with van der Waals surface area (Å²) in [5, 5.41) is 13.4. The number of halogens is 2. The first-order valence-electron chi connectivity index (χ1n) is 7.75. The third-order valence-corrected chi connectivity index (χ3v) is 4.02. The molecule has 0 spiro atoms. The van der Waals surface area contributed by atoms with Crippen molar-refractivity contribution in [3.05, 3.63) is 64.0 Å². The molecule has 3 rings (SSSR count). The van der Waals surface area contributed by atoms with Crippen LogP contribution in [0.2, 0.25) is 0 Å². The van der Waals surface area contributed by atoms with Crippen molar-refractivity contribution < 1.29 is 23.5 Å². The molecule has 0 saturated heterocycles. The van der Waals surface area contributed by atoms with Crippen molar-refractivity contribution in [2.45, 2.75) is 0 Å². The predicted molar refractivity (Wildman–Crippen MR) is 102 cm³/mol. The Balaban J connectivity index is 1.58. The Morgan fingerprint density at radius 1 is 1.25 bits per heavy atom. The summed E-state index contributed by atoms with van der Waals surface area (Å²) in [5.74, 6) is -0.119. The Morgan fingerprint density at radius 3 is 2.75 bits per heavy atom. The van der Waals surface area contributed by atoms with Gasteiger partial charge in [-0.2, -0.15) is 5.48 Å². The summed E-state index contributed by atoms with van der Waals surface area (Å²) < 4.78 is 23.1. The Hall–Kier alpha value is -3.47. The van der Waals surface area contributed by atoms with Crippen molar-refractivity contribution >= 4 is 39.6 Å². The number of carbonyl (C=O) groups is 1. The molecule has 0 aliphatic rings. The molecule has 0 bridgehead atoms. The maximum Gasteiger partial charge on any atom is 0.256 e. The maximum absolute atomic E-state index is 13.2. The highest BCUT2D eigenvalue weighted by Crippen LogP contribution is 2.20. The average molecular weight is 450 g/mol. The smallest absolute Gasteiger partial charge is 0.256 e. The first-order chi connectivity index (χ1) is 13.6. The molecule has 0 saturated carbocycles. The number of benzene rings is 2. The Kier molecular flexibility index (Phi) is 6.17. The zero-order valence-corrected chi connectivity index (χ0v) is 15.9. The molecule has 0 aliphatic carbocycles. The van der Waals surface area contributed by atoms with Crippen LogP contribution in [-0.4, -0.2) is 29.5 Å². The largest absolute Gasteiger partial charge is 0.497 e. The zero-order chi connectivity index (χ0) is 19.9. The number of nitrogens with one attached hydrogen (secondary N) is 2. The lowest BCUT2D eigenvalue weighted by atomic mass is 10.2. The van der Waals surface area contributed by atoms with Crippen molar-refractivity contribution in [2.75, 3.05) is 17.9 Å². The van der Waals surface area contributed by atoms with E-state index in [2.05, 4.69) is 46.8 Å². The van der Waals surface area contributed by atoms with Crippen LogP contribution < -0.4 is 15.5 Å². The quantitative estimate of drug-likeness (QED) is 0.418. The second kappa shape index (κ2) is 8.95. The molecule has 1 aromatic heterocycles. The second-order valence-electron chi connectivity index (χ2n) is 5.24. The van der Waals surface area contributed by atoms with Gasteiger partial charge in [0.25, 0.3) is 5.91 Å². The Bertz CT molecular complexity index is 993. The molecule has 3 aromatic rings. The third-order valence-electron chi connectivity index (χ3n) is 3.41. The molecule has 1 heterocycles. The number of oxime groups is 1. The summed E-state index contributed by atoms with van der Waals surface area (Å²) in [6, 6.07) is 10.7. The molecule has 144 valence electrons. The normalized spacial score (nSPS) is 10.7. The molecule has 0 radical (unpaired) electrons. The minimum Gasteiger partial charge on any atom is -0.497 e. The molecule has 1 amide bonds. The number of hydrogen-bond acceptors (Lipinski definition) is 8. The van der Waals surface area contributed by atoms with E-state index in [-0.39, 0.29) is 16.0 Å². The van der Waals surface area contributed by atoms with Gasteiger partial charge in [-0.3, -0.25) is 9.73 Å². The van der Waals surface area contributed by atoms with Gasteiger partial charge in [-0.15, -0.1) is 0 Å². The third kappa shape index (κ3) is 4.82. The molecule has 11 heteroatoms. The molecular formula is C17H13BrFN5O4. The van der Waals surface area contributed by atoms with E-state index in [4.69, 9.17) is 9.68 Å². The first kappa shape index (κ1) is 19.3. The summed E-state index contributed by atoms with van der Waals surface area (Å²) >= 11 is 3.06. The van der Waals surface area contributed by atoms with E-state index < -0.39 is 11.7 Å². The standard InChI is InChI=1S/C17H13BrFN5O4/c1-26-12-5-2-10(3-6-12)17(25)21-16-15(23-28-24-16)9-20-27-22-11-4-7-14(19)13(18)8-11/h2-9,22H,1H3,(H,21,24,25)/b20-9+. The van der Waals surface area contributed by atoms with E-state index in [1.54, 1.807) is 24.3 Å². The molecule has 0 atom stereocenters. The van der Waals surface area contributed by atoms with Gasteiger partial charge in [0.15, 0.2) is 5.69 Å². The Labute approximate surface area is 166 Å². The monoisotopic (exact) mass is 449 g/mol. The number of aromatic nitrogens is 2. The van der Waals surface area contributed by atoms with Crippen LogP contribution in [0.25, 0.3) is 0 Å². The van der Waals surface area contributed by atoms with E-state index in [1.807, 2.05) is 0 Å². The Morgan fingerprint density at radius 2 is 2.04 bits per heavy atom. The van der Waals surface area contributed by atoms with Crippen molar-refractivity contribution in [1.29, 1.82) is 0 Å². The summed E-state index contributed by atoms with van der Waals surface area (Å²) in [7, 11) is 1.54. The van der Waals surface area contributed by atoms with Gasteiger partial charge < -0.3 is 10.1 Å². The van der Waals surface area contributed by atoms with Crippen LogP contribution in [0.5, 0.6) is 5.75 Å². The maximum atomic E-state index is 13.2. The lowest BCUT2D eigenvalue weighted by Crippen LogP contribution is -2.13. The van der Waals surface area contributed by atoms with E-state index >= 15 is 0 Å². The number of amides is 1. The molecule has 0 fully saturated rings. The van der Waals surface area contributed by atoms with E-state index in [0.29, 0.717) is 17.0 Å². The van der Waals surface area contributed by atoms with Gasteiger partial charge in [-0.25, -0.2) is 9.02 Å². The number of hydrogen-bond donors (Lipinski definition) is 2. The van der Waals surface area contributed by atoms with Crippen LogP contribution >= 0.6 is 15.9 Å². The van der Waals surface area contributed by atoms with E-state index in [0.717, 1.165) is 0 Å². The van der Waals surface area contributed by atoms with Gasteiger partial charge in [0, 0.05) is 5.56 Å². The number of ether oxygens (including phenoxy) is 1. The van der Waals surface area contributed by atoms with Gasteiger partial charge in [0.05, 0.1) is 17.3 Å². The molecule has 2 aromatic carbocycles. The number of anilines is 2. The fourth-order valence-electron chi connectivity index (χ4n) is 2.00. The van der Waals surface area contributed by atoms with Gasteiger partial charge in [-0.1, -0.05) is 5.16 Å². The topological polar surface area (TPSA) is 111 Å². The van der Waals surface area contributed by atoms with Crippen LogP contribution in [0.15, 0.2) is 56.7 Å². The van der Waals surface area contributed by atoms with Crippen LogP contribution in [0.3, 0.4) is 0 Å². The average Bonchev–Trinajstić information content (AvgIpc) is 3.14. The van der Waals surface area contributed by atoms with Gasteiger partial charge >= 0.3 is 0 Å². The fraction of sp³-hybridized carbons (Fsp3) is 0.0588. The lowest BCUT2D eigenvalue weighted by Gasteiger charge is -2.04. The zero-order valence-electron chi connectivity index (χ0n) is 14.3. The van der Waals surface area contributed by atoms with Crippen molar-refractivity contribution in [1.82, 2.24) is 10.3 Å². The SMILES string of the molecule is COc1ccc(C(=O)Nc2nonc2/C=N/ONc2ccc(F)c(Br)c2)cc1. The molecule has 0 unspecified atom stereocenters. The van der Waals surface area contributed by atoms with E-state index in [1.165, 1.54) is 31.5 Å². The number of rotatable bonds is 7. The summed E-state index contributed by atoms with van der Waals surface area (Å²) in [6.07, 6.45) is 1.19. The first-order valence-corrected chi connectivity index (χ1v) is 8.54. The minimum absolute atomic E-state index is 0.0673. The highest BCUT2D eigenvalue weighted by molar-refractivity contribution is 9.10. The number of methoxy groups -OCH3 is 1. The summed E-state index contributed by atoms with van der Waals surface area (Å²) in [6.45, 7) is 0. The molecule has 0 aliphatic heterocycles.